The third kappa shape index (κ3) is 6.21. The van der Waals surface area contributed by atoms with Crippen molar-refractivity contribution in [1.29, 1.82) is 0 Å². The number of hydrogen-bond acceptors (Lipinski definition) is 4. The first kappa shape index (κ1) is 24.8. The van der Waals surface area contributed by atoms with Gasteiger partial charge in [0.05, 0.1) is 5.92 Å². The molecule has 0 heterocycles. The van der Waals surface area contributed by atoms with Crippen molar-refractivity contribution in [2.24, 2.45) is 11.8 Å². The van der Waals surface area contributed by atoms with Crippen molar-refractivity contribution in [2.75, 3.05) is 13.2 Å². The van der Waals surface area contributed by atoms with Crippen molar-refractivity contribution in [1.82, 2.24) is 10.6 Å². The van der Waals surface area contributed by atoms with Crippen LogP contribution in [0.2, 0.25) is 0 Å². The van der Waals surface area contributed by atoms with Gasteiger partial charge in [-0.2, -0.15) is 0 Å². The molecule has 2 aromatic rings. The van der Waals surface area contributed by atoms with Gasteiger partial charge in [-0.3, -0.25) is 9.59 Å². The molecule has 0 spiro atoms. The van der Waals surface area contributed by atoms with E-state index in [2.05, 4.69) is 34.9 Å². The van der Waals surface area contributed by atoms with Gasteiger partial charge in [0.15, 0.2) is 0 Å². The number of hydrogen-bond donors (Lipinski definition) is 3. The molecular formula is C28H34N2O5. The summed E-state index contributed by atoms with van der Waals surface area (Å²) in [7, 11) is 0. The molecule has 2 aromatic carbocycles. The van der Waals surface area contributed by atoms with Crippen LogP contribution in [-0.2, 0) is 14.3 Å². The number of rotatable bonds is 9. The van der Waals surface area contributed by atoms with Crippen LogP contribution in [0, 0.1) is 11.8 Å². The normalized spacial score (nSPS) is 19.8. The molecule has 2 amide bonds. The smallest absolute Gasteiger partial charge is 0.407 e. The maximum Gasteiger partial charge on any atom is 0.407 e. The minimum Gasteiger partial charge on any atom is -0.481 e. The second-order valence-electron chi connectivity index (χ2n) is 9.80. The lowest BCUT2D eigenvalue weighted by Gasteiger charge is -2.27. The lowest BCUT2D eigenvalue weighted by molar-refractivity contribution is -0.142. The van der Waals surface area contributed by atoms with Gasteiger partial charge < -0.3 is 20.5 Å². The molecule has 0 bridgehead atoms. The van der Waals surface area contributed by atoms with Gasteiger partial charge in [0.25, 0.3) is 0 Å². The minimum atomic E-state index is -0.743. The van der Waals surface area contributed by atoms with E-state index in [-0.39, 0.29) is 36.3 Å². The fraction of sp³-hybridized carbons (Fsp3) is 0.464. The van der Waals surface area contributed by atoms with Crippen LogP contribution in [0.25, 0.3) is 11.1 Å². The summed E-state index contributed by atoms with van der Waals surface area (Å²) >= 11 is 0. The molecule has 4 rings (SSSR count). The highest BCUT2D eigenvalue weighted by atomic mass is 16.5. The Balaban J connectivity index is 1.15. The number of carboxylic acid groups (broad SMARTS) is 1. The maximum absolute atomic E-state index is 12.3. The average molecular weight is 479 g/mol. The van der Waals surface area contributed by atoms with E-state index in [1.165, 1.54) is 22.3 Å². The van der Waals surface area contributed by atoms with Crippen LogP contribution in [-0.4, -0.2) is 42.3 Å². The molecule has 186 valence electrons. The lowest BCUT2D eigenvalue weighted by atomic mass is 9.86. The number of nitrogens with one attached hydrogen (secondary N) is 2. The summed E-state index contributed by atoms with van der Waals surface area (Å²) in [6.07, 6.45) is 3.23. The van der Waals surface area contributed by atoms with Crippen molar-refractivity contribution >= 4 is 18.0 Å². The minimum absolute atomic E-state index is 0.0169. The van der Waals surface area contributed by atoms with Gasteiger partial charge in [-0.15, -0.1) is 0 Å². The van der Waals surface area contributed by atoms with E-state index in [9.17, 15) is 14.4 Å². The summed E-state index contributed by atoms with van der Waals surface area (Å²) < 4.78 is 5.57. The fourth-order valence-corrected chi connectivity index (χ4v) is 5.17. The van der Waals surface area contributed by atoms with E-state index in [1.54, 1.807) is 0 Å². The summed E-state index contributed by atoms with van der Waals surface area (Å²) in [4.78, 5) is 35.7. The number of carboxylic acids is 1. The molecular weight excluding hydrogens is 444 g/mol. The second-order valence-corrected chi connectivity index (χ2v) is 9.80. The largest absolute Gasteiger partial charge is 0.481 e. The van der Waals surface area contributed by atoms with Crippen molar-refractivity contribution in [3.05, 3.63) is 59.7 Å². The number of aliphatic carboxylic acids is 1. The van der Waals surface area contributed by atoms with Gasteiger partial charge in [-0.25, -0.2) is 4.79 Å². The van der Waals surface area contributed by atoms with E-state index in [4.69, 9.17) is 9.84 Å². The Morgan fingerprint density at radius 3 is 2.17 bits per heavy atom. The predicted octanol–water partition coefficient (Wildman–Crippen LogP) is 4.70. The number of fused-ring (bicyclic) bond motifs is 3. The van der Waals surface area contributed by atoms with Gasteiger partial charge in [-0.05, 0) is 60.3 Å². The van der Waals surface area contributed by atoms with E-state index >= 15 is 0 Å². The van der Waals surface area contributed by atoms with Gasteiger partial charge in [0.1, 0.15) is 6.61 Å². The molecule has 0 aromatic heterocycles. The van der Waals surface area contributed by atoms with Crippen LogP contribution in [0.5, 0.6) is 0 Å². The Hall–Kier alpha value is -3.35. The lowest BCUT2D eigenvalue weighted by Crippen LogP contribution is -2.39. The van der Waals surface area contributed by atoms with Crippen LogP contribution >= 0.6 is 0 Å². The molecule has 1 saturated carbocycles. The number of alkyl carbamates (subject to hydrolysis) is 1. The number of ether oxygens (including phenoxy) is 1. The predicted molar refractivity (Wildman–Crippen MR) is 133 cm³/mol. The van der Waals surface area contributed by atoms with Crippen LogP contribution in [0.4, 0.5) is 4.79 Å². The molecule has 0 aliphatic heterocycles. The SMILES string of the molecule is CC(CCC(=O)NC1CCC(C(=O)O)CC1)CNC(=O)OCC1c2ccccc2-c2ccccc21. The van der Waals surface area contributed by atoms with Crippen LogP contribution < -0.4 is 10.6 Å². The summed E-state index contributed by atoms with van der Waals surface area (Å²) in [6.45, 7) is 2.71. The Labute approximate surface area is 206 Å². The fourth-order valence-electron chi connectivity index (χ4n) is 5.17. The average Bonchev–Trinajstić information content (AvgIpc) is 3.19. The molecule has 0 saturated heterocycles. The first-order chi connectivity index (χ1) is 16.9. The van der Waals surface area contributed by atoms with Crippen LogP contribution in [0.1, 0.15) is 62.5 Å². The van der Waals surface area contributed by atoms with Gasteiger partial charge in [0.2, 0.25) is 5.91 Å². The van der Waals surface area contributed by atoms with Crippen molar-refractivity contribution in [3.63, 3.8) is 0 Å². The van der Waals surface area contributed by atoms with Crippen LogP contribution in [0.3, 0.4) is 0 Å². The van der Waals surface area contributed by atoms with E-state index in [1.807, 2.05) is 31.2 Å². The zero-order chi connectivity index (χ0) is 24.8. The number of carbonyl (C=O) groups is 3. The zero-order valence-corrected chi connectivity index (χ0v) is 20.2. The third-order valence-electron chi connectivity index (χ3n) is 7.24. The van der Waals surface area contributed by atoms with E-state index in [0.717, 1.165) is 0 Å². The summed E-state index contributed by atoms with van der Waals surface area (Å²) in [5.41, 5.74) is 4.74. The monoisotopic (exact) mass is 478 g/mol. The highest BCUT2D eigenvalue weighted by molar-refractivity contribution is 5.79. The summed E-state index contributed by atoms with van der Waals surface area (Å²) in [5, 5.41) is 14.9. The Morgan fingerprint density at radius 1 is 0.971 bits per heavy atom. The molecule has 1 fully saturated rings. The highest BCUT2D eigenvalue weighted by Gasteiger charge is 2.29. The van der Waals surface area contributed by atoms with Crippen molar-refractivity contribution in [2.45, 2.75) is 57.4 Å². The Morgan fingerprint density at radius 2 is 1.57 bits per heavy atom. The quantitative estimate of drug-likeness (QED) is 0.485. The van der Waals surface area contributed by atoms with E-state index < -0.39 is 12.1 Å². The number of benzene rings is 2. The van der Waals surface area contributed by atoms with E-state index in [0.29, 0.717) is 45.1 Å². The first-order valence-corrected chi connectivity index (χ1v) is 12.5. The number of carbonyl (C=O) groups excluding carboxylic acids is 2. The standard InChI is InChI=1S/C28H34N2O5/c1-18(10-15-26(31)30-20-13-11-19(12-14-20)27(32)33)16-29-28(34)35-17-25-23-8-4-2-6-21(23)22-7-3-5-9-24(22)25/h2-9,18-20,25H,10-17H2,1H3,(H,29,34)(H,30,31)(H,32,33). The van der Waals surface area contributed by atoms with Crippen LogP contribution in [0.15, 0.2) is 48.5 Å². The maximum atomic E-state index is 12.3. The molecule has 3 N–H and O–H groups in total. The summed E-state index contributed by atoms with van der Waals surface area (Å²) in [5.74, 6) is -0.889. The Kier molecular flexibility index (Phi) is 8.06. The Bertz CT molecular complexity index is 1020. The van der Waals surface area contributed by atoms with Gasteiger partial charge >= 0.3 is 12.1 Å². The third-order valence-corrected chi connectivity index (χ3v) is 7.24. The first-order valence-electron chi connectivity index (χ1n) is 12.5. The molecule has 0 radical (unpaired) electrons. The molecule has 1 unspecified atom stereocenters. The van der Waals surface area contributed by atoms with Crippen molar-refractivity contribution < 1.29 is 24.2 Å². The zero-order valence-electron chi connectivity index (χ0n) is 20.2. The highest BCUT2D eigenvalue weighted by Crippen LogP contribution is 2.44. The van der Waals surface area contributed by atoms with Crippen molar-refractivity contribution in [3.8, 4) is 11.1 Å². The van der Waals surface area contributed by atoms with Gasteiger partial charge in [-0.1, -0.05) is 55.5 Å². The number of amides is 2. The molecule has 1 atom stereocenters. The molecule has 7 nitrogen and oxygen atoms in total. The molecule has 7 heteroatoms. The topological polar surface area (TPSA) is 105 Å². The molecule has 35 heavy (non-hydrogen) atoms. The molecule has 2 aliphatic carbocycles. The van der Waals surface area contributed by atoms with Gasteiger partial charge in [0, 0.05) is 24.9 Å². The summed E-state index contributed by atoms with van der Waals surface area (Å²) in [6, 6.07) is 16.5. The second kappa shape index (κ2) is 11.4. The molecule has 2 aliphatic rings.